The number of hydrogen-bond donors (Lipinski definition) is 3. The Hall–Kier alpha value is -2.03. The molecule has 0 spiro atoms. The molecule has 3 rings (SSSR count). The second-order valence-electron chi connectivity index (χ2n) is 6.92. The fraction of sp³-hybridized carbons (Fsp3) is 0.632. The number of β-amino-alcohol motifs (C(OH)–C–C–N with tert-alkyl or cyclic N) is 1. The molecule has 1 fully saturated rings. The zero-order valence-electron chi connectivity index (χ0n) is 16.0. The predicted molar refractivity (Wildman–Crippen MR) is 102 cm³/mol. The third-order valence-corrected chi connectivity index (χ3v) is 5.12. The van der Waals surface area contributed by atoms with Gasteiger partial charge in [0.05, 0.1) is 18.3 Å². The number of likely N-dealkylation sites (tertiary alicyclic amines) is 1. The molecule has 8 heteroatoms. The van der Waals surface area contributed by atoms with E-state index in [1.807, 2.05) is 6.07 Å². The SMILES string of the molecule is CNc1cc2c(c(C(=O)NC[C@@H]3CCN(CCOC)CC3O)c1)OCCO2. The van der Waals surface area contributed by atoms with E-state index in [0.717, 1.165) is 25.2 Å². The van der Waals surface area contributed by atoms with Gasteiger partial charge in [0.25, 0.3) is 5.91 Å². The largest absolute Gasteiger partial charge is 0.486 e. The van der Waals surface area contributed by atoms with Crippen molar-refractivity contribution in [3.8, 4) is 11.5 Å². The van der Waals surface area contributed by atoms with Gasteiger partial charge in [-0.05, 0) is 19.0 Å². The summed E-state index contributed by atoms with van der Waals surface area (Å²) in [6, 6.07) is 3.58. The molecule has 2 aliphatic rings. The van der Waals surface area contributed by atoms with Crippen LogP contribution in [0.25, 0.3) is 0 Å². The summed E-state index contributed by atoms with van der Waals surface area (Å²) in [5.74, 6) is 0.869. The molecule has 1 unspecified atom stereocenters. The second-order valence-corrected chi connectivity index (χ2v) is 6.92. The van der Waals surface area contributed by atoms with Gasteiger partial charge in [-0.15, -0.1) is 0 Å². The van der Waals surface area contributed by atoms with E-state index in [1.165, 1.54) is 0 Å². The summed E-state index contributed by atoms with van der Waals surface area (Å²) in [6.07, 6.45) is 0.368. The molecule has 1 amide bonds. The Morgan fingerprint density at radius 2 is 2.19 bits per heavy atom. The first-order valence-electron chi connectivity index (χ1n) is 9.41. The lowest BCUT2D eigenvalue weighted by Crippen LogP contribution is -2.48. The van der Waals surface area contributed by atoms with Crippen molar-refractivity contribution in [2.75, 3.05) is 65.5 Å². The first-order chi connectivity index (χ1) is 13.1. The van der Waals surface area contributed by atoms with Gasteiger partial charge in [0.2, 0.25) is 0 Å². The molecule has 3 N–H and O–H groups in total. The number of benzene rings is 1. The van der Waals surface area contributed by atoms with E-state index in [0.29, 0.717) is 50.0 Å². The number of piperidine rings is 1. The number of hydrogen-bond acceptors (Lipinski definition) is 7. The van der Waals surface area contributed by atoms with Gasteiger partial charge >= 0.3 is 0 Å². The maximum absolute atomic E-state index is 12.8. The number of carbonyl (C=O) groups is 1. The van der Waals surface area contributed by atoms with Crippen LogP contribution in [-0.2, 0) is 4.74 Å². The smallest absolute Gasteiger partial charge is 0.255 e. The van der Waals surface area contributed by atoms with E-state index in [2.05, 4.69) is 15.5 Å². The van der Waals surface area contributed by atoms with Gasteiger partial charge in [-0.2, -0.15) is 0 Å². The standard InChI is InChI=1S/C19H29N3O5/c1-20-14-9-15(18-17(10-14)26-7-8-27-18)19(24)21-11-13-3-4-22(5-6-25-2)12-16(13)23/h9-10,13,16,20,23H,3-8,11-12H2,1-2H3,(H,21,24)/t13-,16?/m0/s1. The Kier molecular flexibility index (Phi) is 6.76. The highest BCUT2D eigenvalue weighted by atomic mass is 16.6. The summed E-state index contributed by atoms with van der Waals surface area (Å²) in [7, 11) is 3.47. The number of anilines is 1. The van der Waals surface area contributed by atoms with E-state index >= 15 is 0 Å². The maximum Gasteiger partial charge on any atom is 0.255 e. The molecular formula is C19H29N3O5. The van der Waals surface area contributed by atoms with Crippen molar-refractivity contribution in [3.05, 3.63) is 17.7 Å². The zero-order chi connectivity index (χ0) is 19.2. The number of amides is 1. The van der Waals surface area contributed by atoms with E-state index in [-0.39, 0.29) is 11.8 Å². The van der Waals surface area contributed by atoms with Crippen molar-refractivity contribution in [2.45, 2.75) is 12.5 Å². The molecule has 0 aliphatic carbocycles. The molecule has 1 aromatic carbocycles. The minimum atomic E-state index is -0.465. The topological polar surface area (TPSA) is 92.3 Å². The minimum absolute atomic E-state index is 0.0354. The molecule has 27 heavy (non-hydrogen) atoms. The summed E-state index contributed by atoms with van der Waals surface area (Å²) < 4.78 is 16.4. The lowest BCUT2D eigenvalue weighted by Gasteiger charge is -2.35. The van der Waals surface area contributed by atoms with Crippen molar-refractivity contribution in [3.63, 3.8) is 0 Å². The molecule has 1 aromatic rings. The van der Waals surface area contributed by atoms with Crippen molar-refractivity contribution >= 4 is 11.6 Å². The third kappa shape index (κ3) is 4.82. The molecule has 150 valence electrons. The molecule has 2 atom stereocenters. The van der Waals surface area contributed by atoms with Gasteiger partial charge in [-0.1, -0.05) is 0 Å². The van der Waals surface area contributed by atoms with Crippen LogP contribution < -0.4 is 20.1 Å². The number of aliphatic hydroxyl groups excluding tert-OH is 1. The molecule has 1 saturated heterocycles. The van der Waals surface area contributed by atoms with E-state index < -0.39 is 6.10 Å². The highest BCUT2D eigenvalue weighted by molar-refractivity contribution is 5.99. The van der Waals surface area contributed by atoms with Gasteiger partial charge < -0.3 is 30.0 Å². The molecule has 0 bridgehead atoms. The highest BCUT2D eigenvalue weighted by Crippen LogP contribution is 2.37. The Balaban J connectivity index is 1.60. The molecule has 0 saturated carbocycles. The fourth-order valence-electron chi connectivity index (χ4n) is 3.49. The van der Waals surface area contributed by atoms with Crippen molar-refractivity contribution in [1.82, 2.24) is 10.2 Å². The average molecular weight is 379 g/mol. The lowest BCUT2D eigenvalue weighted by atomic mass is 9.93. The van der Waals surface area contributed by atoms with Crippen LogP contribution in [-0.4, -0.2) is 82.2 Å². The summed E-state index contributed by atoms with van der Waals surface area (Å²) in [4.78, 5) is 14.9. The monoisotopic (exact) mass is 379 g/mol. The van der Waals surface area contributed by atoms with Gasteiger partial charge in [0.1, 0.15) is 13.2 Å². The van der Waals surface area contributed by atoms with Crippen LogP contribution in [0.15, 0.2) is 12.1 Å². The number of nitrogens with zero attached hydrogens (tertiary/aromatic N) is 1. The number of fused-ring (bicyclic) bond motifs is 1. The zero-order valence-corrected chi connectivity index (χ0v) is 16.0. The van der Waals surface area contributed by atoms with Crippen LogP contribution in [0, 0.1) is 5.92 Å². The Morgan fingerprint density at radius 1 is 1.37 bits per heavy atom. The summed E-state index contributed by atoms with van der Waals surface area (Å²) in [5, 5.41) is 16.4. The first-order valence-corrected chi connectivity index (χ1v) is 9.41. The van der Waals surface area contributed by atoms with Crippen molar-refractivity contribution < 1.29 is 24.1 Å². The van der Waals surface area contributed by atoms with Crippen LogP contribution in [0.3, 0.4) is 0 Å². The first kappa shape index (κ1) is 19.7. The van der Waals surface area contributed by atoms with Gasteiger partial charge in [0, 0.05) is 51.5 Å². The minimum Gasteiger partial charge on any atom is -0.486 e. The number of ether oxygens (including phenoxy) is 3. The predicted octanol–water partition coefficient (Wildman–Crippen LogP) is 0.559. The molecule has 0 aromatic heterocycles. The summed E-state index contributed by atoms with van der Waals surface area (Å²) in [6.45, 7) is 4.28. The number of methoxy groups -OCH3 is 1. The van der Waals surface area contributed by atoms with Crippen LogP contribution in [0.5, 0.6) is 11.5 Å². The average Bonchev–Trinajstić information content (AvgIpc) is 2.70. The van der Waals surface area contributed by atoms with Crippen LogP contribution in [0.2, 0.25) is 0 Å². The quantitative estimate of drug-likeness (QED) is 0.637. The third-order valence-electron chi connectivity index (χ3n) is 5.12. The molecular weight excluding hydrogens is 350 g/mol. The van der Waals surface area contributed by atoms with Crippen LogP contribution >= 0.6 is 0 Å². The van der Waals surface area contributed by atoms with E-state index in [9.17, 15) is 9.90 Å². The van der Waals surface area contributed by atoms with Gasteiger partial charge in [-0.3, -0.25) is 9.69 Å². The number of carbonyl (C=O) groups excluding carboxylic acids is 1. The van der Waals surface area contributed by atoms with E-state index in [4.69, 9.17) is 14.2 Å². The van der Waals surface area contributed by atoms with E-state index in [1.54, 1.807) is 20.2 Å². The van der Waals surface area contributed by atoms with Crippen molar-refractivity contribution in [1.29, 1.82) is 0 Å². The van der Waals surface area contributed by atoms with Crippen LogP contribution in [0.4, 0.5) is 5.69 Å². The highest BCUT2D eigenvalue weighted by Gasteiger charge is 2.29. The molecule has 0 radical (unpaired) electrons. The van der Waals surface area contributed by atoms with Gasteiger partial charge in [-0.25, -0.2) is 0 Å². The Morgan fingerprint density at radius 3 is 2.93 bits per heavy atom. The number of aliphatic hydroxyl groups is 1. The lowest BCUT2D eigenvalue weighted by molar-refractivity contribution is 0.0132. The molecule has 2 heterocycles. The number of nitrogens with one attached hydrogen (secondary N) is 2. The fourth-order valence-corrected chi connectivity index (χ4v) is 3.49. The molecule has 8 nitrogen and oxygen atoms in total. The Bertz CT molecular complexity index is 654. The number of rotatable bonds is 7. The Labute approximate surface area is 159 Å². The summed E-state index contributed by atoms with van der Waals surface area (Å²) in [5.41, 5.74) is 1.24. The second kappa shape index (κ2) is 9.25. The summed E-state index contributed by atoms with van der Waals surface area (Å²) >= 11 is 0. The maximum atomic E-state index is 12.8. The normalized spacial score (nSPS) is 22.3. The van der Waals surface area contributed by atoms with Gasteiger partial charge in [0.15, 0.2) is 11.5 Å². The van der Waals surface area contributed by atoms with Crippen LogP contribution in [0.1, 0.15) is 16.8 Å². The van der Waals surface area contributed by atoms with Crippen molar-refractivity contribution in [2.24, 2.45) is 5.92 Å². The molecule has 2 aliphatic heterocycles.